The average molecular weight is 295 g/mol. The summed E-state index contributed by atoms with van der Waals surface area (Å²) >= 11 is 0. The van der Waals surface area contributed by atoms with E-state index in [4.69, 9.17) is 0 Å². The Balaban J connectivity index is 2.42. The fraction of sp³-hybridized carbons (Fsp3) is 0.467. The van der Waals surface area contributed by atoms with Crippen LogP contribution in [0.4, 0.5) is 4.39 Å². The van der Waals surface area contributed by atoms with E-state index in [9.17, 15) is 9.18 Å². The molecule has 5 nitrogen and oxygen atoms in total. The zero-order chi connectivity index (χ0) is 15.5. The van der Waals surface area contributed by atoms with Crippen LogP contribution in [0, 0.1) is 5.82 Å². The molecule has 0 aliphatic carbocycles. The number of hydrogen-bond acceptors (Lipinski definition) is 3. The smallest absolute Gasteiger partial charge is 0.307 e. The predicted octanol–water partition coefficient (Wildman–Crippen LogP) is 1.49. The van der Waals surface area contributed by atoms with Crippen LogP contribution in [0.5, 0.6) is 0 Å². The average Bonchev–Trinajstić information content (AvgIpc) is 2.49. The van der Waals surface area contributed by atoms with Gasteiger partial charge in [0.25, 0.3) is 0 Å². The van der Waals surface area contributed by atoms with Gasteiger partial charge in [0.15, 0.2) is 5.96 Å². The molecule has 1 aromatic rings. The zero-order valence-corrected chi connectivity index (χ0v) is 12.5. The third kappa shape index (κ3) is 6.74. The molecule has 0 fully saturated rings. The van der Waals surface area contributed by atoms with Gasteiger partial charge in [0, 0.05) is 13.1 Å². The van der Waals surface area contributed by atoms with Gasteiger partial charge in [-0.3, -0.25) is 9.79 Å². The Labute approximate surface area is 124 Å². The third-order valence-electron chi connectivity index (χ3n) is 2.80. The quantitative estimate of drug-likeness (QED) is 0.454. The lowest BCUT2D eigenvalue weighted by Gasteiger charge is -2.11. The fourth-order valence-electron chi connectivity index (χ4n) is 1.72. The lowest BCUT2D eigenvalue weighted by Crippen LogP contribution is -2.38. The summed E-state index contributed by atoms with van der Waals surface area (Å²) in [5.41, 5.74) is 0.662. The van der Waals surface area contributed by atoms with Crippen molar-refractivity contribution >= 4 is 11.9 Å². The standard InChI is InChI=1S/C15H22FN3O2/c1-3-17-15(19-11-9-14(20)21-2)18-10-8-12-6-4-5-7-13(12)16/h4-7H,3,8-11H2,1-2H3,(H2,17,18,19). The lowest BCUT2D eigenvalue weighted by atomic mass is 10.1. The Hall–Kier alpha value is -2.11. The van der Waals surface area contributed by atoms with Crippen molar-refractivity contribution in [3.63, 3.8) is 0 Å². The second-order valence-electron chi connectivity index (χ2n) is 4.35. The fourth-order valence-corrected chi connectivity index (χ4v) is 1.72. The molecule has 0 heterocycles. The number of rotatable bonds is 7. The Morgan fingerprint density at radius 3 is 2.76 bits per heavy atom. The first-order valence-corrected chi connectivity index (χ1v) is 6.99. The Morgan fingerprint density at radius 2 is 2.10 bits per heavy atom. The summed E-state index contributed by atoms with van der Waals surface area (Å²) in [7, 11) is 1.35. The van der Waals surface area contributed by atoms with E-state index in [1.807, 2.05) is 13.0 Å². The van der Waals surface area contributed by atoms with Gasteiger partial charge in [0.2, 0.25) is 0 Å². The number of methoxy groups -OCH3 is 1. The SMILES string of the molecule is CCNC(=NCCC(=O)OC)NCCc1ccccc1F. The molecule has 0 bridgehead atoms. The first-order valence-electron chi connectivity index (χ1n) is 6.99. The molecule has 0 aromatic heterocycles. The predicted molar refractivity (Wildman–Crippen MR) is 80.7 cm³/mol. The van der Waals surface area contributed by atoms with E-state index in [0.717, 1.165) is 0 Å². The molecule has 2 N–H and O–H groups in total. The number of hydrogen-bond donors (Lipinski definition) is 2. The highest BCUT2D eigenvalue weighted by Gasteiger charge is 2.03. The molecule has 0 atom stereocenters. The van der Waals surface area contributed by atoms with Gasteiger partial charge in [-0.15, -0.1) is 0 Å². The molecular weight excluding hydrogens is 273 g/mol. The van der Waals surface area contributed by atoms with Crippen LogP contribution in [-0.4, -0.2) is 38.7 Å². The van der Waals surface area contributed by atoms with Gasteiger partial charge < -0.3 is 15.4 Å². The van der Waals surface area contributed by atoms with Crippen molar-refractivity contribution < 1.29 is 13.9 Å². The molecule has 0 aliphatic heterocycles. The summed E-state index contributed by atoms with van der Waals surface area (Å²) in [5, 5.41) is 6.18. The number of benzene rings is 1. The highest BCUT2D eigenvalue weighted by Crippen LogP contribution is 2.05. The molecule has 1 rings (SSSR count). The maximum absolute atomic E-state index is 13.5. The van der Waals surface area contributed by atoms with Crippen LogP contribution in [0.2, 0.25) is 0 Å². The minimum Gasteiger partial charge on any atom is -0.469 e. The molecule has 1 aromatic carbocycles. The van der Waals surface area contributed by atoms with Crippen LogP contribution in [-0.2, 0) is 16.0 Å². The number of nitrogens with one attached hydrogen (secondary N) is 2. The highest BCUT2D eigenvalue weighted by atomic mass is 19.1. The molecule has 0 saturated heterocycles. The molecule has 0 radical (unpaired) electrons. The lowest BCUT2D eigenvalue weighted by molar-refractivity contribution is -0.140. The highest BCUT2D eigenvalue weighted by molar-refractivity contribution is 5.80. The second kappa shape index (κ2) is 9.74. The van der Waals surface area contributed by atoms with Gasteiger partial charge in [0.1, 0.15) is 5.82 Å². The number of halogens is 1. The van der Waals surface area contributed by atoms with Crippen molar-refractivity contribution in [2.75, 3.05) is 26.7 Å². The van der Waals surface area contributed by atoms with Crippen LogP contribution in [0.15, 0.2) is 29.3 Å². The van der Waals surface area contributed by atoms with E-state index in [1.54, 1.807) is 12.1 Å². The first-order chi connectivity index (χ1) is 10.2. The van der Waals surface area contributed by atoms with E-state index in [2.05, 4.69) is 20.4 Å². The van der Waals surface area contributed by atoms with Gasteiger partial charge in [-0.05, 0) is 25.0 Å². The molecule has 6 heteroatoms. The molecule has 0 spiro atoms. The molecular formula is C15H22FN3O2. The molecule has 0 unspecified atom stereocenters. The van der Waals surface area contributed by atoms with Crippen LogP contribution in [0.3, 0.4) is 0 Å². The van der Waals surface area contributed by atoms with Crippen LogP contribution >= 0.6 is 0 Å². The largest absolute Gasteiger partial charge is 0.469 e. The van der Waals surface area contributed by atoms with Crippen molar-refractivity contribution in [2.45, 2.75) is 19.8 Å². The molecule has 0 aliphatic rings. The number of ether oxygens (including phenoxy) is 1. The van der Waals surface area contributed by atoms with Crippen molar-refractivity contribution in [1.82, 2.24) is 10.6 Å². The first kappa shape index (κ1) is 16.9. The van der Waals surface area contributed by atoms with Crippen LogP contribution in [0.1, 0.15) is 18.9 Å². The number of esters is 1. The van der Waals surface area contributed by atoms with Crippen molar-refractivity contribution in [3.8, 4) is 0 Å². The summed E-state index contributed by atoms with van der Waals surface area (Å²) in [6, 6.07) is 6.70. The van der Waals surface area contributed by atoms with Gasteiger partial charge in [-0.1, -0.05) is 18.2 Å². The van der Waals surface area contributed by atoms with Crippen molar-refractivity contribution in [1.29, 1.82) is 0 Å². The Kier molecular flexibility index (Phi) is 7.86. The van der Waals surface area contributed by atoms with E-state index < -0.39 is 0 Å². The molecule has 21 heavy (non-hydrogen) atoms. The summed E-state index contributed by atoms with van der Waals surface area (Å²) in [4.78, 5) is 15.3. The Bertz CT molecular complexity index is 478. The van der Waals surface area contributed by atoms with E-state index in [0.29, 0.717) is 37.6 Å². The topological polar surface area (TPSA) is 62.7 Å². The van der Waals surface area contributed by atoms with Crippen LogP contribution in [0.25, 0.3) is 0 Å². The van der Waals surface area contributed by atoms with Crippen molar-refractivity contribution in [3.05, 3.63) is 35.6 Å². The minimum absolute atomic E-state index is 0.202. The summed E-state index contributed by atoms with van der Waals surface area (Å²) in [6.07, 6.45) is 0.800. The summed E-state index contributed by atoms with van der Waals surface area (Å²) in [6.45, 7) is 3.57. The number of aliphatic imine (C=N–C) groups is 1. The number of carbonyl (C=O) groups is 1. The van der Waals surface area contributed by atoms with Crippen LogP contribution < -0.4 is 10.6 Å². The minimum atomic E-state index is -0.291. The molecule has 116 valence electrons. The second-order valence-corrected chi connectivity index (χ2v) is 4.35. The Morgan fingerprint density at radius 1 is 1.33 bits per heavy atom. The van der Waals surface area contributed by atoms with E-state index in [-0.39, 0.29) is 18.2 Å². The van der Waals surface area contributed by atoms with Gasteiger partial charge in [-0.2, -0.15) is 0 Å². The summed E-state index contributed by atoms with van der Waals surface area (Å²) < 4.78 is 18.0. The number of carbonyl (C=O) groups excluding carboxylic acids is 1. The monoisotopic (exact) mass is 295 g/mol. The summed E-state index contributed by atoms with van der Waals surface area (Å²) in [5.74, 6) is 0.116. The molecule has 0 saturated carbocycles. The third-order valence-corrected chi connectivity index (χ3v) is 2.80. The molecule has 0 amide bonds. The number of guanidine groups is 1. The van der Waals surface area contributed by atoms with Crippen molar-refractivity contribution in [2.24, 2.45) is 4.99 Å². The van der Waals surface area contributed by atoms with Gasteiger partial charge in [0.05, 0.1) is 20.1 Å². The van der Waals surface area contributed by atoms with E-state index in [1.165, 1.54) is 13.2 Å². The van der Waals surface area contributed by atoms with Gasteiger partial charge in [-0.25, -0.2) is 4.39 Å². The normalized spacial score (nSPS) is 11.1. The van der Waals surface area contributed by atoms with E-state index >= 15 is 0 Å². The number of nitrogens with zero attached hydrogens (tertiary/aromatic N) is 1. The maximum Gasteiger partial charge on any atom is 0.307 e. The maximum atomic E-state index is 13.5. The van der Waals surface area contributed by atoms with Gasteiger partial charge >= 0.3 is 5.97 Å². The zero-order valence-electron chi connectivity index (χ0n) is 12.5.